The molecule has 0 radical (unpaired) electrons. The lowest BCUT2D eigenvalue weighted by Crippen LogP contribution is -2.32. The molecular weight excluding hydrogens is 454 g/mol. The van der Waals surface area contributed by atoms with E-state index < -0.39 is 18.0 Å². The fraction of sp³-hybridized carbons (Fsp3) is 0.280. The average Bonchev–Trinajstić information content (AvgIpc) is 3.44. The van der Waals surface area contributed by atoms with E-state index in [1.807, 2.05) is 24.3 Å². The van der Waals surface area contributed by atoms with E-state index in [1.54, 1.807) is 6.92 Å². The minimum Gasteiger partial charge on any atom is -0.481 e. The van der Waals surface area contributed by atoms with Crippen LogP contribution in [0, 0.1) is 5.92 Å². The number of ether oxygens (including phenoxy) is 1. The maximum Gasteiger partial charge on any atom is 0.407 e. The van der Waals surface area contributed by atoms with Crippen LogP contribution in [0.5, 0.6) is 0 Å². The van der Waals surface area contributed by atoms with Crippen LogP contribution < -0.4 is 10.6 Å². The molecule has 2 aromatic carbocycles. The van der Waals surface area contributed by atoms with E-state index >= 15 is 0 Å². The molecule has 0 spiro atoms. The first-order valence-corrected chi connectivity index (χ1v) is 11.8. The van der Waals surface area contributed by atoms with Gasteiger partial charge >= 0.3 is 12.1 Å². The lowest BCUT2D eigenvalue weighted by molar-refractivity contribution is -0.141. The molecule has 1 unspecified atom stereocenters. The quantitative estimate of drug-likeness (QED) is 0.427. The van der Waals surface area contributed by atoms with Crippen LogP contribution in [0.4, 0.5) is 4.79 Å². The molecule has 0 saturated carbocycles. The molecule has 1 aromatic heterocycles. The lowest BCUT2D eigenvalue weighted by Gasteiger charge is -2.14. The number of carboxylic acids is 1. The second-order valence-corrected chi connectivity index (χ2v) is 9.07. The highest BCUT2D eigenvalue weighted by Gasteiger charge is 2.29. The lowest BCUT2D eigenvalue weighted by atomic mass is 9.98. The van der Waals surface area contributed by atoms with Gasteiger partial charge in [-0.15, -0.1) is 11.3 Å². The monoisotopic (exact) mass is 479 g/mol. The Morgan fingerprint density at radius 3 is 2.32 bits per heavy atom. The van der Waals surface area contributed by atoms with E-state index in [9.17, 15) is 14.4 Å². The van der Waals surface area contributed by atoms with Crippen molar-refractivity contribution in [3.8, 4) is 11.1 Å². The maximum atomic E-state index is 12.3. The van der Waals surface area contributed by atoms with Gasteiger partial charge in [0, 0.05) is 12.5 Å². The summed E-state index contributed by atoms with van der Waals surface area (Å²) in [4.78, 5) is 40.2. The van der Waals surface area contributed by atoms with Crippen molar-refractivity contribution in [2.75, 3.05) is 13.2 Å². The zero-order chi connectivity index (χ0) is 24.1. The maximum absolute atomic E-state index is 12.3. The number of hydrogen-bond donors (Lipinski definition) is 3. The van der Waals surface area contributed by atoms with E-state index in [0.717, 1.165) is 33.6 Å². The summed E-state index contributed by atoms with van der Waals surface area (Å²) in [7, 11) is 0. The standard InChI is InChI=1S/C25H25N3O5S/c1-2-15(24(30)31)11-27-23(29)21-12-26-22(34-21)13-28-25(32)33-14-20-18-9-5-3-7-16(18)17-8-4-6-10-19(17)20/h3-10,12,15,20H,2,11,13-14H2,1H3,(H,27,29)(H,28,32)(H,30,31). The fourth-order valence-electron chi connectivity index (χ4n) is 4.00. The van der Waals surface area contributed by atoms with E-state index in [1.165, 1.54) is 6.20 Å². The molecule has 0 saturated heterocycles. The third kappa shape index (κ3) is 5.09. The summed E-state index contributed by atoms with van der Waals surface area (Å²) in [5.41, 5.74) is 4.60. The third-order valence-electron chi connectivity index (χ3n) is 5.86. The summed E-state index contributed by atoms with van der Waals surface area (Å²) in [5.74, 6) is -1.98. The molecule has 4 rings (SSSR count). The number of hydrogen-bond acceptors (Lipinski definition) is 6. The topological polar surface area (TPSA) is 118 Å². The van der Waals surface area contributed by atoms with E-state index in [2.05, 4.69) is 39.9 Å². The Morgan fingerprint density at radius 2 is 1.71 bits per heavy atom. The Morgan fingerprint density at radius 1 is 1.06 bits per heavy atom. The number of nitrogens with one attached hydrogen (secondary N) is 2. The summed E-state index contributed by atoms with van der Waals surface area (Å²) in [6, 6.07) is 16.2. The van der Waals surface area contributed by atoms with Gasteiger partial charge in [-0.05, 0) is 28.7 Å². The zero-order valence-corrected chi connectivity index (χ0v) is 19.4. The molecule has 3 aromatic rings. The second-order valence-electron chi connectivity index (χ2n) is 7.95. The molecule has 34 heavy (non-hydrogen) atoms. The number of thiazole rings is 1. The number of carboxylic acid groups (broad SMARTS) is 1. The van der Waals surface area contributed by atoms with Crippen molar-refractivity contribution in [1.82, 2.24) is 15.6 Å². The summed E-state index contributed by atoms with van der Waals surface area (Å²) < 4.78 is 5.51. The number of nitrogens with zero attached hydrogens (tertiary/aromatic N) is 1. The number of fused-ring (bicyclic) bond motifs is 3. The molecule has 1 atom stereocenters. The van der Waals surface area contributed by atoms with Crippen LogP contribution >= 0.6 is 11.3 Å². The molecule has 1 aliphatic rings. The molecule has 2 amide bonds. The first-order chi connectivity index (χ1) is 16.5. The fourth-order valence-corrected chi connectivity index (χ4v) is 4.78. The molecule has 8 nitrogen and oxygen atoms in total. The van der Waals surface area contributed by atoms with Gasteiger partial charge in [0.05, 0.1) is 18.7 Å². The average molecular weight is 480 g/mol. The van der Waals surface area contributed by atoms with Crippen LogP contribution in [0.3, 0.4) is 0 Å². The molecule has 1 aliphatic carbocycles. The third-order valence-corrected chi connectivity index (χ3v) is 6.85. The molecule has 0 fully saturated rings. The normalized spacial score (nSPS) is 13.0. The Labute approximate surface area is 201 Å². The number of carbonyl (C=O) groups is 3. The van der Waals surface area contributed by atoms with Crippen molar-refractivity contribution >= 4 is 29.3 Å². The molecule has 1 heterocycles. The summed E-state index contributed by atoms with van der Waals surface area (Å²) in [6.45, 7) is 2.15. The SMILES string of the molecule is CCC(CNC(=O)c1cnc(CNC(=O)OCC2c3ccccc3-c3ccccc32)s1)C(=O)O. The van der Waals surface area contributed by atoms with E-state index in [4.69, 9.17) is 9.84 Å². The predicted octanol–water partition coefficient (Wildman–Crippen LogP) is 4.02. The Hall–Kier alpha value is -3.72. The van der Waals surface area contributed by atoms with Gasteiger partial charge in [-0.1, -0.05) is 55.5 Å². The predicted molar refractivity (Wildman–Crippen MR) is 128 cm³/mol. The Bertz CT molecular complexity index is 1160. The molecule has 0 aliphatic heterocycles. The molecule has 3 N–H and O–H groups in total. The molecule has 9 heteroatoms. The number of rotatable bonds is 9. The van der Waals surface area contributed by atoms with Crippen LogP contribution in [0.2, 0.25) is 0 Å². The number of benzene rings is 2. The summed E-state index contributed by atoms with van der Waals surface area (Å²) >= 11 is 1.13. The summed E-state index contributed by atoms with van der Waals surface area (Å²) in [5, 5.41) is 14.9. The van der Waals surface area contributed by atoms with Gasteiger partial charge in [0.2, 0.25) is 0 Å². The minimum absolute atomic E-state index is 0.0222. The number of carbonyl (C=O) groups excluding carboxylic acids is 2. The van der Waals surface area contributed by atoms with Crippen LogP contribution in [0.1, 0.15) is 45.1 Å². The Balaban J connectivity index is 1.28. The van der Waals surface area contributed by atoms with Crippen molar-refractivity contribution in [1.29, 1.82) is 0 Å². The largest absolute Gasteiger partial charge is 0.481 e. The van der Waals surface area contributed by atoms with Crippen molar-refractivity contribution in [2.45, 2.75) is 25.8 Å². The van der Waals surface area contributed by atoms with Gasteiger partial charge < -0.3 is 20.5 Å². The van der Waals surface area contributed by atoms with E-state index in [0.29, 0.717) is 16.3 Å². The smallest absolute Gasteiger partial charge is 0.407 e. The zero-order valence-electron chi connectivity index (χ0n) is 18.6. The highest BCUT2D eigenvalue weighted by atomic mass is 32.1. The first kappa shape index (κ1) is 23.4. The van der Waals surface area contributed by atoms with Gasteiger partial charge in [-0.2, -0.15) is 0 Å². The molecule has 176 valence electrons. The van der Waals surface area contributed by atoms with E-state index in [-0.39, 0.29) is 31.5 Å². The van der Waals surface area contributed by atoms with Crippen molar-refractivity contribution in [3.05, 3.63) is 75.7 Å². The highest BCUT2D eigenvalue weighted by molar-refractivity contribution is 7.13. The number of aliphatic carboxylic acids is 1. The van der Waals surface area contributed by atoms with Crippen LogP contribution in [-0.4, -0.2) is 41.2 Å². The van der Waals surface area contributed by atoms with Gasteiger partial charge in [-0.25, -0.2) is 9.78 Å². The molecular formula is C25H25N3O5S. The van der Waals surface area contributed by atoms with Gasteiger partial charge in [-0.3, -0.25) is 9.59 Å². The van der Waals surface area contributed by atoms with Crippen molar-refractivity contribution < 1.29 is 24.2 Å². The highest BCUT2D eigenvalue weighted by Crippen LogP contribution is 2.44. The van der Waals surface area contributed by atoms with Crippen LogP contribution in [0.25, 0.3) is 11.1 Å². The van der Waals surface area contributed by atoms with Crippen molar-refractivity contribution in [3.63, 3.8) is 0 Å². The number of amides is 2. The van der Waals surface area contributed by atoms with Gasteiger partial charge in [0.15, 0.2) is 0 Å². The van der Waals surface area contributed by atoms with Crippen LogP contribution in [-0.2, 0) is 16.1 Å². The number of alkyl carbamates (subject to hydrolysis) is 1. The first-order valence-electron chi connectivity index (χ1n) is 11.0. The van der Waals surface area contributed by atoms with Crippen LogP contribution in [0.15, 0.2) is 54.7 Å². The van der Waals surface area contributed by atoms with Crippen molar-refractivity contribution in [2.24, 2.45) is 5.92 Å². The second kappa shape index (κ2) is 10.5. The van der Waals surface area contributed by atoms with Gasteiger partial charge in [0.25, 0.3) is 5.91 Å². The van der Waals surface area contributed by atoms with Gasteiger partial charge in [0.1, 0.15) is 16.5 Å². The number of aromatic nitrogens is 1. The minimum atomic E-state index is -0.944. The summed E-state index contributed by atoms with van der Waals surface area (Å²) in [6.07, 6.45) is 1.28. The Kier molecular flexibility index (Phi) is 7.22. The molecule has 0 bridgehead atoms.